The van der Waals surface area contributed by atoms with E-state index >= 15 is 0 Å². The van der Waals surface area contributed by atoms with Crippen molar-refractivity contribution < 1.29 is 14.3 Å². The lowest BCUT2D eigenvalue weighted by Crippen LogP contribution is -2.59. The van der Waals surface area contributed by atoms with Gasteiger partial charge in [0.15, 0.2) is 0 Å². The molecule has 2 heterocycles. The van der Waals surface area contributed by atoms with E-state index in [0.29, 0.717) is 13.0 Å². The lowest BCUT2D eigenvalue weighted by atomic mass is 9.82. The van der Waals surface area contributed by atoms with Crippen LogP contribution in [0.2, 0.25) is 0 Å². The Morgan fingerprint density at radius 1 is 1.15 bits per heavy atom. The zero-order chi connectivity index (χ0) is 14.4. The number of likely N-dealkylation sites (tertiary alicyclic amines) is 1. The van der Waals surface area contributed by atoms with Gasteiger partial charge in [-0.15, -0.1) is 0 Å². The molecule has 0 bridgehead atoms. The molecule has 0 aliphatic carbocycles. The van der Waals surface area contributed by atoms with Crippen molar-refractivity contribution in [3.8, 4) is 0 Å². The molecule has 0 spiro atoms. The highest BCUT2D eigenvalue weighted by Gasteiger charge is 2.42. The van der Waals surface area contributed by atoms with Crippen molar-refractivity contribution in [2.24, 2.45) is 0 Å². The fourth-order valence-corrected chi connectivity index (χ4v) is 3.41. The fraction of sp³-hybridized carbons (Fsp3) is 0.933. The molecule has 0 N–H and O–H groups in total. The number of nitrogens with zero attached hydrogens (tertiary/aromatic N) is 2. The van der Waals surface area contributed by atoms with Crippen LogP contribution in [0.15, 0.2) is 0 Å². The summed E-state index contributed by atoms with van der Waals surface area (Å²) in [6.07, 6.45) is 2.64. The van der Waals surface area contributed by atoms with E-state index < -0.39 is 0 Å². The normalized spacial score (nSPS) is 24.5. The summed E-state index contributed by atoms with van der Waals surface area (Å²) in [5, 5.41) is 0. The maximum atomic E-state index is 12.0. The van der Waals surface area contributed by atoms with Crippen molar-refractivity contribution in [2.75, 3.05) is 52.5 Å². The minimum absolute atomic E-state index is 0.0122. The smallest absolute Gasteiger partial charge is 0.307 e. The molecule has 2 saturated heterocycles. The predicted molar refractivity (Wildman–Crippen MR) is 77.7 cm³/mol. The highest BCUT2D eigenvalue weighted by atomic mass is 16.5. The van der Waals surface area contributed by atoms with Crippen LogP contribution in [0.4, 0.5) is 0 Å². The lowest BCUT2D eigenvalue weighted by molar-refractivity contribution is -0.149. The molecule has 2 aliphatic heterocycles. The van der Waals surface area contributed by atoms with Gasteiger partial charge < -0.3 is 14.4 Å². The Morgan fingerprint density at radius 3 is 2.35 bits per heavy atom. The molecule has 0 aromatic heterocycles. The van der Waals surface area contributed by atoms with E-state index in [9.17, 15) is 4.79 Å². The van der Waals surface area contributed by atoms with Crippen molar-refractivity contribution in [3.05, 3.63) is 0 Å². The van der Waals surface area contributed by atoms with Gasteiger partial charge in [0.05, 0.1) is 26.2 Å². The highest BCUT2D eigenvalue weighted by Crippen LogP contribution is 2.33. The quantitative estimate of drug-likeness (QED) is 0.708. The molecule has 2 rings (SSSR count). The van der Waals surface area contributed by atoms with Gasteiger partial charge in [-0.1, -0.05) is 6.92 Å². The summed E-state index contributed by atoms with van der Waals surface area (Å²) in [5.74, 6) is -0.0519. The summed E-state index contributed by atoms with van der Waals surface area (Å²) < 4.78 is 10.7. The van der Waals surface area contributed by atoms with E-state index in [4.69, 9.17) is 9.47 Å². The summed E-state index contributed by atoms with van der Waals surface area (Å²) >= 11 is 0. The molecule has 0 saturated carbocycles. The van der Waals surface area contributed by atoms with Gasteiger partial charge in [0.25, 0.3) is 0 Å². The second-order valence-corrected chi connectivity index (χ2v) is 5.74. The second kappa shape index (κ2) is 7.38. The Morgan fingerprint density at radius 2 is 1.80 bits per heavy atom. The van der Waals surface area contributed by atoms with Gasteiger partial charge >= 0.3 is 5.97 Å². The average Bonchev–Trinajstić information content (AvgIpc) is 2.49. The summed E-state index contributed by atoms with van der Waals surface area (Å²) in [5.41, 5.74) is -0.0122. The van der Waals surface area contributed by atoms with Gasteiger partial charge in [0.1, 0.15) is 0 Å². The molecule has 5 heteroatoms. The lowest BCUT2D eigenvalue weighted by Gasteiger charge is -2.49. The molecule has 0 aromatic rings. The van der Waals surface area contributed by atoms with Gasteiger partial charge in [-0.25, -0.2) is 0 Å². The number of rotatable bonds is 5. The van der Waals surface area contributed by atoms with Crippen molar-refractivity contribution in [2.45, 2.75) is 38.6 Å². The predicted octanol–water partition coefficient (Wildman–Crippen LogP) is 1.13. The average molecular weight is 284 g/mol. The first kappa shape index (κ1) is 15.7. The van der Waals surface area contributed by atoms with E-state index in [0.717, 1.165) is 58.8 Å². The largest absolute Gasteiger partial charge is 0.466 e. The van der Waals surface area contributed by atoms with Crippen molar-refractivity contribution in [1.29, 1.82) is 0 Å². The Labute approximate surface area is 122 Å². The van der Waals surface area contributed by atoms with E-state index in [-0.39, 0.29) is 11.5 Å². The van der Waals surface area contributed by atoms with Crippen LogP contribution < -0.4 is 0 Å². The summed E-state index contributed by atoms with van der Waals surface area (Å²) in [6, 6.07) is 0. The third kappa shape index (κ3) is 3.71. The number of esters is 1. The molecule has 0 amide bonds. The molecule has 0 unspecified atom stereocenters. The molecule has 0 radical (unpaired) electrons. The summed E-state index contributed by atoms with van der Waals surface area (Å²) in [6.45, 7) is 11.2. The maximum absolute atomic E-state index is 12.0. The van der Waals surface area contributed by atoms with Gasteiger partial charge in [-0.2, -0.15) is 0 Å². The first-order valence-electron chi connectivity index (χ1n) is 7.91. The fourth-order valence-electron chi connectivity index (χ4n) is 3.41. The summed E-state index contributed by atoms with van der Waals surface area (Å²) in [4.78, 5) is 17.0. The van der Waals surface area contributed by atoms with Crippen LogP contribution in [0.1, 0.15) is 33.1 Å². The third-order valence-electron chi connectivity index (χ3n) is 4.69. The third-order valence-corrected chi connectivity index (χ3v) is 4.69. The maximum Gasteiger partial charge on any atom is 0.307 e. The molecule has 0 atom stereocenters. The number of morpholine rings is 1. The second-order valence-electron chi connectivity index (χ2n) is 5.74. The van der Waals surface area contributed by atoms with E-state index in [1.807, 2.05) is 6.92 Å². The Balaban J connectivity index is 2.04. The molecule has 0 aromatic carbocycles. The molecule has 116 valence electrons. The minimum atomic E-state index is -0.0519. The van der Waals surface area contributed by atoms with Crippen LogP contribution >= 0.6 is 0 Å². The van der Waals surface area contributed by atoms with Crippen molar-refractivity contribution >= 4 is 5.97 Å². The summed E-state index contributed by atoms with van der Waals surface area (Å²) in [7, 11) is 0. The van der Waals surface area contributed by atoms with Gasteiger partial charge in [-0.05, 0) is 39.4 Å². The molecular formula is C15H28N2O3. The van der Waals surface area contributed by atoms with Crippen LogP contribution in [-0.4, -0.2) is 73.9 Å². The molecule has 2 fully saturated rings. The molecule has 20 heavy (non-hydrogen) atoms. The first-order chi connectivity index (χ1) is 9.70. The van der Waals surface area contributed by atoms with Crippen LogP contribution in [0.3, 0.4) is 0 Å². The molecule has 5 nitrogen and oxygen atoms in total. The highest BCUT2D eigenvalue weighted by molar-refractivity contribution is 5.71. The Kier molecular flexibility index (Phi) is 5.81. The van der Waals surface area contributed by atoms with Gasteiger partial charge in [0, 0.05) is 18.6 Å². The molecular weight excluding hydrogens is 256 g/mol. The number of hydrogen-bond donors (Lipinski definition) is 0. The topological polar surface area (TPSA) is 42.0 Å². The first-order valence-corrected chi connectivity index (χ1v) is 7.91. The minimum Gasteiger partial charge on any atom is -0.466 e. The Hall–Kier alpha value is -0.650. The molecule has 2 aliphatic rings. The van der Waals surface area contributed by atoms with E-state index in [1.165, 1.54) is 0 Å². The van der Waals surface area contributed by atoms with Crippen molar-refractivity contribution in [1.82, 2.24) is 9.80 Å². The Bertz CT molecular complexity index is 308. The number of carbonyl (C=O) groups excluding carboxylic acids is 1. The number of carbonyl (C=O) groups is 1. The van der Waals surface area contributed by atoms with Gasteiger partial charge in [-0.3, -0.25) is 9.69 Å². The van der Waals surface area contributed by atoms with E-state index in [1.54, 1.807) is 0 Å². The number of hydrogen-bond acceptors (Lipinski definition) is 5. The monoisotopic (exact) mass is 284 g/mol. The van der Waals surface area contributed by atoms with E-state index in [2.05, 4.69) is 16.7 Å². The van der Waals surface area contributed by atoms with Crippen LogP contribution in [0, 0.1) is 0 Å². The zero-order valence-electron chi connectivity index (χ0n) is 12.9. The van der Waals surface area contributed by atoms with Crippen LogP contribution in [-0.2, 0) is 14.3 Å². The SMILES string of the molecule is CCOC(=O)CC1(N2CCOCC2)CCN(CC)CC1. The zero-order valence-corrected chi connectivity index (χ0v) is 12.9. The van der Waals surface area contributed by atoms with Crippen molar-refractivity contribution in [3.63, 3.8) is 0 Å². The van der Waals surface area contributed by atoms with Crippen LogP contribution in [0.5, 0.6) is 0 Å². The number of ether oxygens (including phenoxy) is 2. The number of piperidine rings is 1. The van der Waals surface area contributed by atoms with Crippen LogP contribution in [0.25, 0.3) is 0 Å². The standard InChI is InChI=1S/C15H28N2O3/c1-3-16-7-5-15(6-8-16,13-14(18)20-4-2)17-9-11-19-12-10-17/h3-13H2,1-2H3. The van der Waals surface area contributed by atoms with Gasteiger partial charge in [0.2, 0.25) is 0 Å².